The SMILES string of the molecule is CC(CC(=O)N[C@H](C(=O)O)c1ccccc1)C(C)(C)C. The van der Waals surface area contributed by atoms with Gasteiger partial charge in [0.1, 0.15) is 0 Å². The van der Waals surface area contributed by atoms with E-state index in [0.717, 1.165) is 0 Å². The lowest BCUT2D eigenvalue weighted by Gasteiger charge is -2.27. The second-order valence-electron chi connectivity index (χ2n) is 6.22. The summed E-state index contributed by atoms with van der Waals surface area (Å²) in [4.78, 5) is 23.3. The van der Waals surface area contributed by atoms with E-state index in [2.05, 4.69) is 26.1 Å². The minimum Gasteiger partial charge on any atom is -0.479 e. The van der Waals surface area contributed by atoms with Crippen LogP contribution in [0.4, 0.5) is 0 Å². The summed E-state index contributed by atoms with van der Waals surface area (Å²) in [5.41, 5.74) is 0.597. The Bertz CT molecular complexity index is 462. The first-order valence-electron chi connectivity index (χ1n) is 6.79. The second kappa shape index (κ2) is 6.55. The van der Waals surface area contributed by atoms with Gasteiger partial charge in [-0.3, -0.25) is 4.79 Å². The number of hydrogen-bond acceptors (Lipinski definition) is 2. The predicted octanol–water partition coefficient (Wildman–Crippen LogP) is 3.00. The van der Waals surface area contributed by atoms with Crippen LogP contribution in [0.25, 0.3) is 0 Å². The fraction of sp³-hybridized carbons (Fsp3) is 0.500. The molecule has 20 heavy (non-hydrogen) atoms. The summed E-state index contributed by atoms with van der Waals surface area (Å²) in [5.74, 6) is -1.11. The van der Waals surface area contributed by atoms with Crippen molar-refractivity contribution < 1.29 is 14.7 Å². The fourth-order valence-corrected chi connectivity index (χ4v) is 1.74. The monoisotopic (exact) mass is 277 g/mol. The number of nitrogens with one attached hydrogen (secondary N) is 1. The minimum atomic E-state index is -1.05. The highest BCUT2D eigenvalue weighted by Gasteiger charge is 2.26. The Labute approximate surface area is 120 Å². The van der Waals surface area contributed by atoms with Gasteiger partial charge in [0.15, 0.2) is 6.04 Å². The summed E-state index contributed by atoms with van der Waals surface area (Å²) < 4.78 is 0. The molecule has 0 bridgehead atoms. The molecule has 110 valence electrons. The maximum Gasteiger partial charge on any atom is 0.330 e. The number of carboxylic acid groups (broad SMARTS) is 1. The number of carboxylic acids is 1. The Balaban J connectivity index is 2.73. The molecule has 0 aromatic heterocycles. The van der Waals surface area contributed by atoms with Crippen LogP contribution in [-0.4, -0.2) is 17.0 Å². The van der Waals surface area contributed by atoms with Gasteiger partial charge in [0, 0.05) is 6.42 Å². The van der Waals surface area contributed by atoms with Gasteiger partial charge in [-0.2, -0.15) is 0 Å². The Morgan fingerprint density at radius 2 is 1.75 bits per heavy atom. The fourth-order valence-electron chi connectivity index (χ4n) is 1.74. The van der Waals surface area contributed by atoms with Crippen molar-refractivity contribution in [2.45, 2.75) is 40.2 Å². The summed E-state index contributed by atoms with van der Waals surface area (Å²) in [6, 6.07) is 7.74. The van der Waals surface area contributed by atoms with Crippen molar-refractivity contribution in [3.63, 3.8) is 0 Å². The molecular weight excluding hydrogens is 254 g/mol. The average molecular weight is 277 g/mol. The molecule has 0 saturated carbocycles. The van der Waals surface area contributed by atoms with Crippen molar-refractivity contribution in [3.05, 3.63) is 35.9 Å². The van der Waals surface area contributed by atoms with E-state index in [1.54, 1.807) is 24.3 Å². The van der Waals surface area contributed by atoms with Crippen LogP contribution in [0.1, 0.15) is 45.7 Å². The molecule has 4 heteroatoms. The van der Waals surface area contributed by atoms with E-state index in [9.17, 15) is 14.7 Å². The van der Waals surface area contributed by atoms with Gasteiger partial charge >= 0.3 is 5.97 Å². The summed E-state index contributed by atoms with van der Waals surface area (Å²) in [6.07, 6.45) is 0.320. The van der Waals surface area contributed by atoms with Crippen molar-refractivity contribution in [2.24, 2.45) is 11.3 Å². The third-order valence-electron chi connectivity index (χ3n) is 3.66. The molecule has 1 rings (SSSR count). The Kier molecular flexibility index (Phi) is 5.31. The first kappa shape index (κ1) is 16.2. The lowest BCUT2D eigenvalue weighted by atomic mass is 9.80. The number of rotatable bonds is 5. The number of carbonyl (C=O) groups is 2. The molecule has 1 aromatic carbocycles. The summed E-state index contributed by atoms with van der Waals surface area (Å²) in [7, 11) is 0. The molecule has 0 fully saturated rings. The Hall–Kier alpha value is -1.84. The van der Waals surface area contributed by atoms with E-state index < -0.39 is 12.0 Å². The zero-order valence-electron chi connectivity index (χ0n) is 12.5. The van der Waals surface area contributed by atoms with Gasteiger partial charge in [0.2, 0.25) is 5.91 Å². The van der Waals surface area contributed by atoms with E-state index in [-0.39, 0.29) is 17.2 Å². The number of amides is 1. The molecule has 1 unspecified atom stereocenters. The van der Waals surface area contributed by atoms with E-state index >= 15 is 0 Å². The number of aliphatic carboxylic acids is 1. The van der Waals surface area contributed by atoms with Gasteiger partial charge in [0.05, 0.1) is 0 Å². The van der Waals surface area contributed by atoms with Gasteiger partial charge in [-0.1, -0.05) is 58.0 Å². The molecule has 0 spiro atoms. The Morgan fingerprint density at radius 1 is 1.20 bits per heavy atom. The first-order valence-corrected chi connectivity index (χ1v) is 6.79. The van der Waals surface area contributed by atoms with Crippen LogP contribution >= 0.6 is 0 Å². The van der Waals surface area contributed by atoms with Crippen LogP contribution in [-0.2, 0) is 9.59 Å². The number of benzene rings is 1. The van der Waals surface area contributed by atoms with Crippen LogP contribution < -0.4 is 5.32 Å². The summed E-state index contributed by atoms with van der Waals surface area (Å²) in [5, 5.41) is 11.9. The minimum absolute atomic E-state index is 0.0167. The maximum absolute atomic E-state index is 12.0. The summed E-state index contributed by atoms with van der Waals surface area (Å²) in [6.45, 7) is 8.20. The predicted molar refractivity (Wildman–Crippen MR) is 78.2 cm³/mol. The highest BCUT2D eigenvalue weighted by atomic mass is 16.4. The maximum atomic E-state index is 12.0. The third-order valence-corrected chi connectivity index (χ3v) is 3.66. The Morgan fingerprint density at radius 3 is 2.20 bits per heavy atom. The molecule has 0 aliphatic heterocycles. The molecule has 2 N–H and O–H groups in total. The largest absolute Gasteiger partial charge is 0.479 e. The molecule has 1 amide bonds. The standard InChI is InChI=1S/C16H23NO3/c1-11(16(2,3)4)10-13(18)17-14(15(19)20)12-8-6-5-7-9-12/h5-9,11,14H,10H2,1-4H3,(H,17,18)(H,19,20)/t11?,14-/m0/s1. The van der Waals surface area contributed by atoms with Gasteiger partial charge in [0.25, 0.3) is 0 Å². The molecule has 0 aliphatic rings. The molecule has 0 radical (unpaired) electrons. The quantitative estimate of drug-likeness (QED) is 0.869. The van der Waals surface area contributed by atoms with E-state index in [1.165, 1.54) is 0 Å². The highest BCUT2D eigenvalue weighted by Crippen LogP contribution is 2.28. The van der Waals surface area contributed by atoms with Crippen LogP contribution in [0.2, 0.25) is 0 Å². The lowest BCUT2D eigenvalue weighted by Crippen LogP contribution is -2.35. The van der Waals surface area contributed by atoms with Gasteiger partial charge < -0.3 is 10.4 Å². The first-order chi connectivity index (χ1) is 9.21. The summed E-state index contributed by atoms with van der Waals surface area (Å²) >= 11 is 0. The molecule has 4 nitrogen and oxygen atoms in total. The van der Waals surface area contributed by atoms with Crippen molar-refractivity contribution in [2.75, 3.05) is 0 Å². The van der Waals surface area contributed by atoms with Crippen molar-refractivity contribution in [1.82, 2.24) is 5.32 Å². The number of carbonyl (C=O) groups excluding carboxylic acids is 1. The van der Waals surface area contributed by atoms with E-state index in [4.69, 9.17) is 0 Å². The van der Waals surface area contributed by atoms with Crippen LogP contribution in [0.15, 0.2) is 30.3 Å². The molecule has 0 saturated heterocycles. The van der Waals surface area contributed by atoms with Gasteiger partial charge in [-0.25, -0.2) is 4.79 Å². The van der Waals surface area contributed by atoms with Crippen molar-refractivity contribution in [3.8, 4) is 0 Å². The molecule has 1 aromatic rings. The second-order valence-corrected chi connectivity index (χ2v) is 6.22. The zero-order chi connectivity index (χ0) is 15.3. The topological polar surface area (TPSA) is 66.4 Å². The van der Waals surface area contributed by atoms with E-state index in [1.807, 2.05) is 13.0 Å². The zero-order valence-corrected chi connectivity index (χ0v) is 12.5. The smallest absolute Gasteiger partial charge is 0.330 e. The van der Waals surface area contributed by atoms with Crippen molar-refractivity contribution in [1.29, 1.82) is 0 Å². The molecule has 0 aliphatic carbocycles. The third kappa shape index (κ3) is 4.68. The molecular formula is C16H23NO3. The highest BCUT2D eigenvalue weighted by molar-refractivity contribution is 5.84. The molecule has 2 atom stereocenters. The normalized spacial score (nSPS) is 14.4. The lowest BCUT2D eigenvalue weighted by molar-refractivity contribution is -0.142. The van der Waals surface area contributed by atoms with Crippen molar-refractivity contribution >= 4 is 11.9 Å². The average Bonchev–Trinajstić information content (AvgIpc) is 2.35. The van der Waals surface area contributed by atoms with E-state index in [0.29, 0.717) is 12.0 Å². The van der Waals surface area contributed by atoms with Gasteiger partial charge in [-0.05, 0) is 16.9 Å². The molecule has 0 heterocycles. The number of hydrogen-bond donors (Lipinski definition) is 2. The van der Waals surface area contributed by atoms with Crippen LogP contribution in [0.3, 0.4) is 0 Å². The van der Waals surface area contributed by atoms with Gasteiger partial charge in [-0.15, -0.1) is 0 Å². The van der Waals surface area contributed by atoms with Crippen LogP contribution in [0, 0.1) is 11.3 Å². The van der Waals surface area contributed by atoms with Crippen LogP contribution in [0.5, 0.6) is 0 Å².